The topological polar surface area (TPSA) is 86.7 Å². The summed E-state index contributed by atoms with van der Waals surface area (Å²) in [5.41, 5.74) is 0. The van der Waals surface area contributed by atoms with Crippen molar-refractivity contribution in [1.82, 2.24) is 19.2 Å². The average Bonchev–Trinajstić information content (AvgIpc) is 2.68. The fourth-order valence-electron chi connectivity index (χ4n) is 3.26. The Hall–Kier alpha value is -1.74. The molecular weight excluding hydrogens is 342 g/mol. The van der Waals surface area contributed by atoms with Crippen molar-refractivity contribution in [2.24, 2.45) is 0 Å². The highest BCUT2D eigenvalue weighted by molar-refractivity contribution is 7.89. The molecule has 1 aromatic heterocycles. The van der Waals surface area contributed by atoms with Gasteiger partial charge in [0, 0.05) is 58.1 Å². The molecule has 3 rings (SSSR count). The Morgan fingerprint density at radius 3 is 2.24 bits per heavy atom. The van der Waals surface area contributed by atoms with Crippen molar-refractivity contribution in [2.45, 2.75) is 25.7 Å². The molecule has 2 saturated heterocycles. The molecule has 0 spiro atoms. The van der Waals surface area contributed by atoms with Crippen molar-refractivity contribution in [3.05, 3.63) is 18.5 Å². The molecule has 2 aliphatic rings. The van der Waals surface area contributed by atoms with Crippen LogP contribution >= 0.6 is 0 Å². The molecule has 3 heterocycles. The third-order valence-corrected chi connectivity index (χ3v) is 6.62. The number of sulfonamides is 1. The highest BCUT2D eigenvalue weighted by atomic mass is 32.2. The zero-order valence-electron chi connectivity index (χ0n) is 14.4. The van der Waals surface area contributed by atoms with Gasteiger partial charge in [-0.1, -0.05) is 6.42 Å². The second kappa shape index (κ2) is 8.09. The maximum Gasteiger partial charge on any atom is 0.225 e. The maximum atomic E-state index is 12.4. The van der Waals surface area contributed by atoms with Crippen LogP contribution in [0.3, 0.4) is 0 Å². The Morgan fingerprint density at radius 2 is 1.60 bits per heavy atom. The van der Waals surface area contributed by atoms with E-state index >= 15 is 0 Å². The van der Waals surface area contributed by atoms with Crippen LogP contribution in [0.2, 0.25) is 0 Å². The SMILES string of the molecule is O=C(CCS(=O)(=O)N1CCCCC1)N1CCN(c2ncccn2)CC1. The number of anilines is 1. The van der Waals surface area contributed by atoms with Crippen LogP contribution in [0, 0.1) is 0 Å². The highest BCUT2D eigenvalue weighted by Gasteiger charge is 2.27. The van der Waals surface area contributed by atoms with Crippen LogP contribution in [0.15, 0.2) is 18.5 Å². The minimum Gasteiger partial charge on any atom is -0.339 e. The lowest BCUT2D eigenvalue weighted by Gasteiger charge is -2.34. The van der Waals surface area contributed by atoms with E-state index in [1.807, 2.05) is 4.90 Å². The van der Waals surface area contributed by atoms with E-state index in [4.69, 9.17) is 0 Å². The number of hydrogen-bond donors (Lipinski definition) is 0. The molecule has 1 aromatic rings. The number of amides is 1. The van der Waals surface area contributed by atoms with E-state index in [0.29, 0.717) is 45.2 Å². The predicted molar refractivity (Wildman–Crippen MR) is 94.7 cm³/mol. The van der Waals surface area contributed by atoms with Gasteiger partial charge in [-0.2, -0.15) is 0 Å². The van der Waals surface area contributed by atoms with Gasteiger partial charge in [0.05, 0.1) is 5.75 Å². The van der Waals surface area contributed by atoms with Gasteiger partial charge in [-0.3, -0.25) is 4.79 Å². The lowest BCUT2D eigenvalue weighted by molar-refractivity contribution is -0.131. The van der Waals surface area contributed by atoms with E-state index in [0.717, 1.165) is 19.3 Å². The third kappa shape index (κ3) is 4.66. The predicted octanol–water partition coefficient (Wildman–Crippen LogP) is 0.331. The molecule has 8 nitrogen and oxygen atoms in total. The van der Waals surface area contributed by atoms with Crippen LogP contribution < -0.4 is 4.90 Å². The summed E-state index contributed by atoms with van der Waals surface area (Å²) >= 11 is 0. The van der Waals surface area contributed by atoms with E-state index < -0.39 is 10.0 Å². The summed E-state index contributed by atoms with van der Waals surface area (Å²) in [6, 6.07) is 1.77. The van der Waals surface area contributed by atoms with Gasteiger partial charge in [-0.05, 0) is 18.9 Å². The van der Waals surface area contributed by atoms with Gasteiger partial charge < -0.3 is 9.80 Å². The van der Waals surface area contributed by atoms with Crippen LogP contribution in [0.4, 0.5) is 5.95 Å². The second-order valence-electron chi connectivity index (χ2n) is 6.44. The first-order valence-electron chi connectivity index (χ1n) is 8.84. The molecule has 0 aromatic carbocycles. The normalized spacial score (nSPS) is 19.8. The molecule has 0 unspecified atom stereocenters. The average molecular weight is 367 g/mol. The van der Waals surface area contributed by atoms with E-state index in [9.17, 15) is 13.2 Å². The Bertz CT molecular complexity index is 668. The summed E-state index contributed by atoms with van der Waals surface area (Å²) in [5, 5.41) is 0. The zero-order chi connectivity index (χ0) is 17.7. The van der Waals surface area contributed by atoms with Gasteiger partial charge in [0.1, 0.15) is 0 Å². The molecule has 9 heteroatoms. The zero-order valence-corrected chi connectivity index (χ0v) is 15.2. The Labute approximate surface area is 148 Å². The number of nitrogens with zero attached hydrogens (tertiary/aromatic N) is 5. The van der Waals surface area contributed by atoms with Crippen LogP contribution in [0.5, 0.6) is 0 Å². The van der Waals surface area contributed by atoms with Crippen molar-refractivity contribution in [3.8, 4) is 0 Å². The molecule has 0 atom stereocenters. The first-order chi connectivity index (χ1) is 12.1. The van der Waals surface area contributed by atoms with Crippen molar-refractivity contribution >= 4 is 21.9 Å². The summed E-state index contributed by atoms with van der Waals surface area (Å²) in [5.74, 6) is 0.491. The van der Waals surface area contributed by atoms with Crippen molar-refractivity contribution in [2.75, 3.05) is 49.9 Å². The van der Waals surface area contributed by atoms with Gasteiger partial charge in [0.15, 0.2) is 0 Å². The molecule has 0 N–H and O–H groups in total. The lowest BCUT2D eigenvalue weighted by Crippen LogP contribution is -2.49. The van der Waals surface area contributed by atoms with Crippen LogP contribution in [-0.4, -0.2) is 78.5 Å². The van der Waals surface area contributed by atoms with Crippen LogP contribution in [0.25, 0.3) is 0 Å². The van der Waals surface area contributed by atoms with Crippen molar-refractivity contribution in [1.29, 1.82) is 0 Å². The smallest absolute Gasteiger partial charge is 0.225 e. The van der Waals surface area contributed by atoms with E-state index in [1.165, 1.54) is 4.31 Å². The van der Waals surface area contributed by atoms with Crippen molar-refractivity contribution in [3.63, 3.8) is 0 Å². The number of piperidine rings is 1. The third-order valence-electron chi connectivity index (χ3n) is 4.75. The fourth-order valence-corrected chi connectivity index (χ4v) is 4.76. The minimum absolute atomic E-state index is 0.0562. The van der Waals surface area contributed by atoms with Crippen molar-refractivity contribution < 1.29 is 13.2 Å². The van der Waals surface area contributed by atoms with E-state index in [-0.39, 0.29) is 18.1 Å². The first kappa shape index (κ1) is 18.1. The largest absolute Gasteiger partial charge is 0.339 e. The fraction of sp³-hybridized carbons (Fsp3) is 0.688. The molecule has 2 fully saturated rings. The molecule has 138 valence electrons. The van der Waals surface area contributed by atoms with Gasteiger partial charge >= 0.3 is 0 Å². The maximum absolute atomic E-state index is 12.4. The first-order valence-corrected chi connectivity index (χ1v) is 10.4. The Kier molecular flexibility index (Phi) is 5.85. The minimum atomic E-state index is -3.32. The second-order valence-corrected chi connectivity index (χ2v) is 8.53. The molecule has 2 aliphatic heterocycles. The summed E-state index contributed by atoms with van der Waals surface area (Å²) in [4.78, 5) is 24.6. The van der Waals surface area contributed by atoms with Crippen LogP contribution in [-0.2, 0) is 14.8 Å². The standard InChI is InChI=1S/C16H25N5O3S/c22-15(5-14-25(23,24)21-8-2-1-3-9-21)19-10-12-20(13-11-19)16-17-6-4-7-18-16/h4,6-7H,1-3,5,8-14H2. The van der Waals surface area contributed by atoms with Gasteiger partial charge in [-0.15, -0.1) is 0 Å². The van der Waals surface area contributed by atoms with E-state index in [2.05, 4.69) is 9.97 Å². The Balaban J connectivity index is 1.46. The molecular formula is C16H25N5O3S. The number of carbonyl (C=O) groups is 1. The van der Waals surface area contributed by atoms with Gasteiger partial charge in [-0.25, -0.2) is 22.7 Å². The van der Waals surface area contributed by atoms with Gasteiger partial charge in [0.2, 0.25) is 21.9 Å². The molecule has 0 radical (unpaired) electrons. The number of piperazine rings is 1. The molecule has 0 bridgehead atoms. The lowest BCUT2D eigenvalue weighted by atomic mass is 10.2. The number of hydrogen-bond acceptors (Lipinski definition) is 6. The number of aromatic nitrogens is 2. The number of rotatable bonds is 5. The summed E-state index contributed by atoms with van der Waals surface area (Å²) in [6.07, 6.45) is 6.37. The molecule has 25 heavy (non-hydrogen) atoms. The molecule has 1 amide bonds. The summed E-state index contributed by atoms with van der Waals surface area (Å²) in [7, 11) is -3.32. The van der Waals surface area contributed by atoms with Crippen LogP contribution in [0.1, 0.15) is 25.7 Å². The van der Waals surface area contributed by atoms with E-state index in [1.54, 1.807) is 23.4 Å². The molecule has 0 aliphatic carbocycles. The highest BCUT2D eigenvalue weighted by Crippen LogP contribution is 2.15. The van der Waals surface area contributed by atoms with Gasteiger partial charge in [0.25, 0.3) is 0 Å². The quantitative estimate of drug-likeness (QED) is 0.745. The summed E-state index contributed by atoms with van der Waals surface area (Å²) in [6.45, 7) is 3.64. The molecule has 0 saturated carbocycles. The Morgan fingerprint density at radius 1 is 0.960 bits per heavy atom. The monoisotopic (exact) mass is 367 g/mol. The summed E-state index contributed by atoms with van der Waals surface area (Å²) < 4.78 is 26.2. The number of carbonyl (C=O) groups excluding carboxylic acids is 1.